The van der Waals surface area contributed by atoms with Crippen LogP contribution in [0, 0.1) is 0 Å². The van der Waals surface area contributed by atoms with Gasteiger partial charge in [0, 0.05) is 11.5 Å². The van der Waals surface area contributed by atoms with Crippen LogP contribution in [0.2, 0.25) is 0 Å². The minimum atomic E-state index is -4.47. The smallest absolute Gasteiger partial charge is 0.374 e. The molecule has 0 amide bonds. The summed E-state index contributed by atoms with van der Waals surface area (Å²) in [5.74, 6) is 0.105. The Hall–Kier alpha value is -1.70. The fourth-order valence-corrected chi connectivity index (χ4v) is 1.50. The van der Waals surface area contributed by atoms with E-state index in [0.29, 0.717) is 0 Å². The summed E-state index contributed by atoms with van der Waals surface area (Å²) in [6.07, 6.45) is -4.47. The van der Waals surface area contributed by atoms with E-state index in [1.165, 1.54) is 12.1 Å². The van der Waals surface area contributed by atoms with Crippen molar-refractivity contribution in [1.29, 1.82) is 0 Å². The standard InChI is InChI=1S/C8H5F3N4S/c9-8(10,11)5-3-1-2-4(13-5)6-14-7(12)16-15-6/h1-3H,(H2,12,14,15). The van der Waals surface area contributed by atoms with Gasteiger partial charge in [0.1, 0.15) is 11.4 Å². The van der Waals surface area contributed by atoms with Crippen LogP contribution < -0.4 is 5.73 Å². The lowest BCUT2D eigenvalue weighted by Crippen LogP contribution is -2.08. The molecular formula is C8H5F3N4S. The van der Waals surface area contributed by atoms with Gasteiger partial charge in [0.05, 0.1) is 0 Å². The number of nitrogens with zero attached hydrogens (tertiary/aromatic N) is 3. The number of hydrogen-bond acceptors (Lipinski definition) is 5. The Morgan fingerprint density at radius 2 is 1.94 bits per heavy atom. The maximum Gasteiger partial charge on any atom is 0.433 e. The molecule has 0 radical (unpaired) electrons. The first-order chi connectivity index (χ1) is 7.47. The Balaban J connectivity index is 2.44. The highest BCUT2D eigenvalue weighted by Gasteiger charge is 2.32. The molecule has 84 valence electrons. The summed E-state index contributed by atoms with van der Waals surface area (Å²) < 4.78 is 40.9. The summed E-state index contributed by atoms with van der Waals surface area (Å²) in [4.78, 5) is 7.19. The molecule has 16 heavy (non-hydrogen) atoms. The summed E-state index contributed by atoms with van der Waals surface area (Å²) in [7, 11) is 0. The van der Waals surface area contributed by atoms with Crippen LogP contribution in [-0.2, 0) is 6.18 Å². The van der Waals surface area contributed by atoms with Gasteiger partial charge in [-0.2, -0.15) is 22.5 Å². The van der Waals surface area contributed by atoms with Crippen LogP contribution in [0.3, 0.4) is 0 Å². The molecule has 0 aliphatic carbocycles. The van der Waals surface area contributed by atoms with Gasteiger partial charge >= 0.3 is 6.18 Å². The van der Waals surface area contributed by atoms with Gasteiger partial charge in [0.25, 0.3) is 0 Å². The Morgan fingerprint density at radius 3 is 2.50 bits per heavy atom. The number of pyridine rings is 1. The molecule has 0 saturated carbocycles. The molecule has 0 aliphatic heterocycles. The summed E-state index contributed by atoms with van der Waals surface area (Å²) in [6.45, 7) is 0. The first-order valence-electron chi connectivity index (χ1n) is 4.10. The zero-order valence-electron chi connectivity index (χ0n) is 7.69. The fraction of sp³-hybridized carbons (Fsp3) is 0.125. The normalized spacial score (nSPS) is 11.7. The van der Waals surface area contributed by atoms with Crippen LogP contribution in [0.4, 0.5) is 18.3 Å². The SMILES string of the molecule is Nc1nc(-c2cccc(C(F)(F)F)n2)ns1. The van der Waals surface area contributed by atoms with Crippen molar-refractivity contribution in [2.24, 2.45) is 0 Å². The van der Waals surface area contributed by atoms with Gasteiger partial charge in [-0.1, -0.05) is 6.07 Å². The minimum Gasteiger partial charge on any atom is -0.374 e. The highest BCUT2D eigenvalue weighted by molar-refractivity contribution is 7.09. The largest absolute Gasteiger partial charge is 0.433 e. The summed E-state index contributed by atoms with van der Waals surface area (Å²) in [5.41, 5.74) is 4.42. The fourth-order valence-electron chi connectivity index (χ4n) is 1.06. The number of nitrogens with two attached hydrogens (primary N) is 1. The molecule has 2 aromatic heterocycles. The quantitative estimate of drug-likeness (QED) is 0.837. The van der Waals surface area contributed by atoms with Gasteiger partial charge in [0.15, 0.2) is 11.0 Å². The van der Waals surface area contributed by atoms with Crippen LogP contribution in [0.5, 0.6) is 0 Å². The molecular weight excluding hydrogens is 241 g/mol. The van der Waals surface area contributed by atoms with Gasteiger partial charge in [-0.3, -0.25) is 0 Å². The van der Waals surface area contributed by atoms with Gasteiger partial charge in [-0.05, 0) is 12.1 Å². The van der Waals surface area contributed by atoms with E-state index < -0.39 is 11.9 Å². The number of aromatic nitrogens is 3. The van der Waals surface area contributed by atoms with Crippen LogP contribution in [-0.4, -0.2) is 14.3 Å². The van der Waals surface area contributed by atoms with E-state index in [2.05, 4.69) is 14.3 Å². The van der Waals surface area contributed by atoms with E-state index >= 15 is 0 Å². The summed E-state index contributed by atoms with van der Waals surface area (Å²) in [5, 5.41) is 0.189. The lowest BCUT2D eigenvalue weighted by Gasteiger charge is -2.05. The lowest BCUT2D eigenvalue weighted by atomic mass is 10.3. The Bertz CT molecular complexity index is 508. The average molecular weight is 246 g/mol. The van der Waals surface area contributed by atoms with Crippen molar-refractivity contribution in [1.82, 2.24) is 14.3 Å². The second-order valence-electron chi connectivity index (χ2n) is 2.86. The van der Waals surface area contributed by atoms with Gasteiger partial charge in [0.2, 0.25) is 0 Å². The molecule has 0 atom stereocenters. The van der Waals surface area contributed by atoms with Crippen LogP contribution in [0.1, 0.15) is 5.69 Å². The maximum absolute atomic E-state index is 12.4. The predicted molar refractivity (Wildman–Crippen MR) is 52.6 cm³/mol. The molecule has 0 aliphatic rings. The molecule has 0 spiro atoms. The zero-order chi connectivity index (χ0) is 11.8. The monoisotopic (exact) mass is 246 g/mol. The summed E-state index contributed by atoms with van der Waals surface area (Å²) >= 11 is 0.908. The molecule has 2 N–H and O–H groups in total. The van der Waals surface area contributed by atoms with Crippen molar-refractivity contribution >= 4 is 16.7 Å². The number of halogens is 3. The molecule has 0 saturated heterocycles. The second kappa shape index (κ2) is 3.71. The third-order valence-electron chi connectivity index (χ3n) is 1.71. The van der Waals surface area contributed by atoms with Crippen molar-refractivity contribution in [3.63, 3.8) is 0 Å². The third-order valence-corrected chi connectivity index (χ3v) is 2.25. The van der Waals surface area contributed by atoms with E-state index in [-0.39, 0.29) is 16.6 Å². The van der Waals surface area contributed by atoms with Crippen molar-refractivity contribution in [3.05, 3.63) is 23.9 Å². The van der Waals surface area contributed by atoms with Crippen molar-refractivity contribution in [2.45, 2.75) is 6.18 Å². The first kappa shape index (κ1) is 10.8. The van der Waals surface area contributed by atoms with Crippen LogP contribution in [0.15, 0.2) is 18.2 Å². The van der Waals surface area contributed by atoms with Gasteiger partial charge in [-0.25, -0.2) is 4.98 Å². The molecule has 0 unspecified atom stereocenters. The van der Waals surface area contributed by atoms with E-state index in [4.69, 9.17) is 5.73 Å². The molecule has 4 nitrogen and oxygen atoms in total. The Kier molecular flexibility index (Phi) is 2.50. The van der Waals surface area contributed by atoms with E-state index in [1.807, 2.05) is 0 Å². The molecule has 0 fully saturated rings. The van der Waals surface area contributed by atoms with Crippen molar-refractivity contribution in [2.75, 3.05) is 5.73 Å². The minimum absolute atomic E-state index is 0.0581. The first-order valence-corrected chi connectivity index (χ1v) is 4.88. The Morgan fingerprint density at radius 1 is 1.19 bits per heavy atom. The van der Waals surface area contributed by atoms with E-state index in [9.17, 15) is 13.2 Å². The van der Waals surface area contributed by atoms with E-state index in [1.54, 1.807) is 0 Å². The third kappa shape index (κ3) is 2.11. The number of nitrogen functional groups attached to an aromatic ring is 1. The predicted octanol–water partition coefficient (Wildman–Crippen LogP) is 2.20. The number of rotatable bonds is 1. The number of hydrogen-bond donors (Lipinski definition) is 1. The van der Waals surface area contributed by atoms with Crippen LogP contribution in [0.25, 0.3) is 11.5 Å². The molecule has 2 heterocycles. The Labute approximate surface area is 92.1 Å². The lowest BCUT2D eigenvalue weighted by molar-refractivity contribution is -0.141. The second-order valence-corrected chi connectivity index (χ2v) is 3.65. The molecule has 2 aromatic rings. The zero-order valence-corrected chi connectivity index (χ0v) is 8.51. The van der Waals surface area contributed by atoms with Gasteiger partial charge < -0.3 is 5.73 Å². The highest BCUT2D eigenvalue weighted by atomic mass is 32.1. The van der Waals surface area contributed by atoms with Crippen molar-refractivity contribution in [3.8, 4) is 11.5 Å². The number of alkyl halides is 3. The molecule has 0 aromatic carbocycles. The van der Waals surface area contributed by atoms with E-state index in [0.717, 1.165) is 17.6 Å². The maximum atomic E-state index is 12.4. The summed E-state index contributed by atoms with van der Waals surface area (Å²) in [6, 6.07) is 3.54. The van der Waals surface area contributed by atoms with Gasteiger partial charge in [-0.15, -0.1) is 0 Å². The highest BCUT2D eigenvalue weighted by Crippen LogP contribution is 2.29. The van der Waals surface area contributed by atoms with Crippen molar-refractivity contribution < 1.29 is 13.2 Å². The van der Waals surface area contributed by atoms with Crippen LogP contribution >= 0.6 is 11.5 Å². The molecule has 8 heteroatoms. The molecule has 2 rings (SSSR count). The average Bonchev–Trinajstić information content (AvgIpc) is 2.64. The number of anilines is 1. The molecule has 0 bridgehead atoms. The topological polar surface area (TPSA) is 64.7 Å².